The summed E-state index contributed by atoms with van der Waals surface area (Å²) in [5, 5.41) is 29.6. The van der Waals surface area contributed by atoms with Gasteiger partial charge in [-0.25, -0.2) is 0 Å². The predicted octanol–water partition coefficient (Wildman–Crippen LogP) is 2.23. The van der Waals surface area contributed by atoms with Crippen LogP contribution >= 0.6 is 0 Å². The monoisotopic (exact) mass is 338 g/mol. The summed E-state index contributed by atoms with van der Waals surface area (Å²) >= 11 is 0. The number of hydrogen-bond acceptors (Lipinski definition) is 6. The molecule has 0 aromatic heterocycles. The standard InChI is InChI=1S/C19H22N4O2/c1-11(2)14-5-4-12(3)15(16(14)25)19(10-22)17(23)13(7-24)6-18(19,8-20)9-21/h7,11-12,14-15H,4-6,23H2,1-3H3/t12-,14+,15-,19+/m0/s1. The maximum atomic E-state index is 13.3. The van der Waals surface area contributed by atoms with Gasteiger partial charge in [0.2, 0.25) is 0 Å². The predicted molar refractivity (Wildman–Crippen MR) is 88.8 cm³/mol. The fourth-order valence-electron chi connectivity index (χ4n) is 4.61. The Hall–Kier alpha value is -2.65. The molecule has 0 heterocycles. The first-order chi connectivity index (χ1) is 11.8. The maximum absolute atomic E-state index is 13.3. The van der Waals surface area contributed by atoms with Crippen LogP contribution in [0.1, 0.15) is 40.0 Å². The zero-order valence-corrected chi connectivity index (χ0v) is 14.7. The van der Waals surface area contributed by atoms with E-state index >= 15 is 0 Å². The van der Waals surface area contributed by atoms with Gasteiger partial charge in [0.25, 0.3) is 0 Å². The molecule has 6 heteroatoms. The van der Waals surface area contributed by atoms with E-state index in [4.69, 9.17) is 5.73 Å². The molecule has 0 aliphatic heterocycles. The second kappa shape index (κ2) is 6.34. The first-order valence-electron chi connectivity index (χ1n) is 8.48. The van der Waals surface area contributed by atoms with Gasteiger partial charge in [-0.05, 0) is 24.7 Å². The molecule has 0 saturated heterocycles. The quantitative estimate of drug-likeness (QED) is 0.785. The van der Waals surface area contributed by atoms with Crippen molar-refractivity contribution in [3.05, 3.63) is 11.3 Å². The molecule has 2 aliphatic rings. The van der Waals surface area contributed by atoms with E-state index in [-0.39, 0.29) is 41.2 Å². The molecule has 0 aromatic carbocycles. The lowest BCUT2D eigenvalue weighted by Crippen LogP contribution is -2.53. The lowest BCUT2D eigenvalue weighted by atomic mass is 9.52. The first-order valence-corrected chi connectivity index (χ1v) is 8.48. The van der Waals surface area contributed by atoms with Crippen molar-refractivity contribution < 1.29 is 9.59 Å². The summed E-state index contributed by atoms with van der Waals surface area (Å²) in [4.78, 5) is 24.7. The van der Waals surface area contributed by atoms with Crippen molar-refractivity contribution in [2.45, 2.75) is 40.0 Å². The number of nitriles is 3. The fourth-order valence-corrected chi connectivity index (χ4v) is 4.61. The van der Waals surface area contributed by atoms with E-state index in [2.05, 4.69) is 6.07 Å². The summed E-state index contributed by atoms with van der Waals surface area (Å²) in [5.41, 5.74) is 2.55. The lowest BCUT2D eigenvalue weighted by molar-refractivity contribution is -0.138. The molecular formula is C19H22N4O2. The first kappa shape index (κ1) is 18.7. The van der Waals surface area contributed by atoms with Gasteiger partial charge in [0, 0.05) is 29.5 Å². The van der Waals surface area contributed by atoms with E-state index in [0.29, 0.717) is 19.1 Å². The van der Waals surface area contributed by atoms with Gasteiger partial charge in [0.05, 0.1) is 18.2 Å². The second-order valence-electron chi connectivity index (χ2n) is 7.57. The number of rotatable bonds is 3. The van der Waals surface area contributed by atoms with Crippen LogP contribution in [0.2, 0.25) is 0 Å². The molecule has 2 aliphatic carbocycles. The normalized spacial score (nSPS) is 34.3. The van der Waals surface area contributed by atoms with Crippen molar-refractivity contribution in [3.8, 4) is 18.2 Å². The molecule has 25 heavy (non-hydrogen) atoms. The van der Waals surface area contributed by atoms with E-state index in [1.165, 1.54) is 0 Å². The lowest BCUT2D eigenvalue weighted by Gasteiger charge is -2.45. The smallest absolute Gasteiger partial charge is 0.172 e. The molecule has 2 N–H and O–H groups in total. The van der Waals surface area contributed by atoms with Crippen molar-refractivity contribution >= 4 is 12.1 Å². The zero-order valence-electron chi connectivity index (χ0n) is 14.7. The van der Waals surface area contributed by atoms with Gasteiger partial charge in [0.1, 0.15) is 17.5 Å². The van der Waals surface area contributed by atoms with E-state index in [0.717, 1.165) is 0 Å². The van der Waals surface area contributed by atoms with E-state index in [1.807, 2.05) is 32.9 Å². The molecule has 0 amide bonds. The van der Waals surface area contributed by atoms with Crippen LogP contribution in [0.15, 0.2) is 11.3 Å². The number of allylic oxidation sites excluding steroid dienone is 2. The largest absolute Gasteiger partial charge is 0.400 e. The minimum Gasteiger partial charge on any atom is -0.400 e. The Kier molecular flexibility index (Phi) is 4.74. The maximum Gasteiger partial charge on any atom is 0.172 e. The molecular weight excluding hydrogens is 316 g/mol. The summed E-state index contributed by atoms with van der Waals surface area (Å²) in [6, 6.07) is 5.93. The molecule has 0 aromatic rings. The molecule has 0 radical (unpaired) electrons. The third kappa shape index (κ3) is 2.27. The molecule has 0 spiro atoms. The highest BCUT2D eigenvalue weighted by atomic mass is 16.1. The minimum atomic E-state index is -1.82. The van der Waals surface area contributed by atoms with Gasteiger partial charge >= 0.3 is 0 Å². The van der Waals surface area contributed by atoms with Crippen molar-refractivity contribution in [3.63, 3.8) is 0 Å². The third-order valence-electron chi connectivity index (χ3n) is 6.05. The summed E-state index contributed by atoms with van der Waals surface area (Å²) in [6.07, 6.45) is 1.70. The molecule has 4 atom stereocenters. The van der Waals surface area contributed by atoms with Crippen molar-refractivity contribution in [1.29, 1.82) is 15.8 Å². The Morgan fingerprint density at radius 2 is 1.80 bits per heavy atom. The second-order valence-corrected chi connectivity index (χ2v) is 7.57. The molecule has 0 bridgehead atoms. The highest BCUT2D eigenvalue weighted by Gasteiger charge is 2.68. The number of nitrogens with zero attached hydrogens (tertiary/aromatic N) is 3. The number of carbonyl (C=O) groups excluding carboxylic acids is 2. The van der Waals surface area contributed by atoms with Gasteiger partial charge in [-0.3, -0.25) is 9.59 Å². The Labute approximate surface area is 147 Å². The number of Topliss-reactive ketones (excluding diaryl/α,β-unsaturated/α-hetero) is 1. The van der Waals surface area contributed by atoms with Crippen LogP contribution in [0.25, 0.3) is 0 Å². The number of aldehydes is 1. The summed E-state index contributed by atoms with van der Waals surface area (Å²) < 4.78 is 0. The van der Waals surface area contributed by atoms with Crippen LogP contribution in [0.4, 0.5) is 0 Å². The van der Waals surface area contributed by atoms with Gasteiger partial charge < -0.3 is 5.73 Å². The molecule has 130 valence electrons. The summed E-state index contributed by atoms with van der Waals surface area (Å²) in [7, 11) is 0. The third-order valence-corrected chi connectivity index (χ3v) is 6.05. The van der Waals surface area contributed by atoms with Gasteiger partial charge in [-0.15, -0.1) is 0 Å². The Morgan fingerprint density at radius 1 is 1.20 bits per heavy atom. The van der Waals surface area contributed by atoms with Crippen LogP contribution < -0.4 is 5.73 Å². The van der Waals surface area contributed by atoms with E-state index in [1.54, 1.807) is 0 Å². The number of ketones is 1. The average molecular weight is 338 g/mol. The number of carbonyl (C=O) groups is 2. The summed E-state index contributed by atoms with van der Waals surface area (Å²) in [5.74, 6) is -1.34. The molecule has 2 rings (SSSR count). The summed E-state index contributed by atoms with van der Waals surface area (Å²) in [6.45, 7) is 5.74. The van der Waals surface area contributed by atoms with E-state index in [9.17, 15) is 25.4 Å². The molecule has 6 nitrogen and oxygen atoms in total. The van der Waals surface area contributed by atoms with E-state index < -0.39 is 16.7 Å². The Morgan fingerprint density at radius 3 is 2.24 bits per heavy atom. The highest BCUT2D eigenvalue weighted by Crippen LogP contribution is 2.61. The minimum absolute atomic E-state index is 0.0799. The van der Waals surface area contributed by atoms with Crippen molar-refractivity contribution in [2.24, 2.45) is 40.2 Å². The average Bonchev–Trinajstić information content (AvgIpc) is 2.84. The van der Waals surface area contributed by atoms with Gasteiger partial charge in [-0.1, -0.05) is 20.8 Å². The molecule has 1 fully saturated rings. The van der Waals surface area contributed by atoms with Crippen LogP contribution in [-0.4, -0.2) is 12.1 Å². The number of nitrogens with two attached hydrogens (primary N) is 1. The SMILES string of the molecule is CC(C)[C@H]1CC[C@H](C)[C@H]([C@]2(C#N)C(N)=C(C=O)CC2(C#N)C#N)C1=O. The molecule has 0 unspecified atom stereocenters. The van der Waals surface area contributed by atoms with Crippen LogP contribution in [0, 0.1) is 68.5 Å². The molecule has 1 saturated carbocycles. The highest BCUT2D eigenvalue weighted by molar-refractivity contribution is 5.88. The van der Waals surface area contributed by atoms with Crippen molar-refractivity contribution in [1.82, 2.24) is 0 Å². The topological polar surface area (TPSA) is 132 Å². The van der Waals surface area contributed by atoms with Crippen LogP contribution in [-0.2, 0) is 9.59 Å². The van der Waals surface area contributed by atoms with Gasteiger partial charge in [0.15, 0.2) is 5.41 Å². The fraction of sp³-hybridized carbons (Fsp3) is 0.632. The Bertz CT molecular complexity index is 748. The van der Waals surface area contributed by atoms with Crippen LogP contribution in [0.5, 0.6) is 0 Å². The Balaban J connectivity index is 2.77. The van der Waals surface area contributed by atoms with Crippen molar-refractivity contribution in [2.75, 3.05) is 0 Å². The van der Waals surface area contributed by atoms with Gasteiger partial charge in [-0.2, -0.15) is 15.8 Å². The van der Waals surface area contributed by atoms with Crippen LogP contribution in [0.3, 0.4) is 0 Å². The number of hydrogen-bond donors (Lipinski definition) is 1. The zero-order chi connectivity index (χ0) is 19.0.